The molecule has 3 amide bonds. The van der Waals surface area contributed by atoms with Crippen LogP contribution in [0.25, 0.3) is 0 Å². The number of amides is 3. The first-order valence-electron chi connectivity index (χ1n) is 6.40. The third-order valence-electron chi connectivity index (χ3n) is 3.02. The van der Waals surface area contributed by atoms with E-state index in [0.717, 1.165) is 0 Å². The Morgan fingerprint density at radius 2 is 2.17 bits per heavy atom. The van der Waals surface area contributed by atoms with Crippen LogP contribution in [0, 0.1) is 5.92 Å². The predicted molar refractivity (Wildman–Crippen MR) is 66.7 cm³/mol. The third-order valence-corrected chi connectivity index (χ3v) is 3.02. The largest absolute Gasteiger partial charge is 0.355 e. The van der Waals surface area contributed by atoms with Crippen molar-refractivity contribution in [2.45, 2.75) is 26.7 Å². The van der Waals surface area contributed by atoms with Crippen LogP contribution in [0.15, 0.2) is 0 Å². The van der Waals surface area contributed by atoms with Gasteiger partial charge in [-0.2, -0.15) is 0 Å². The molecule has 0 aliphatic carbocycles. The molecule has 18 heavy (non-hydrogen) atoms. The smallest absolute Gasteiger partial charge is 0.239 e. The zero-order chi connectivity index (χ0) is 13.5. The van der Waals surface area contributed by atoms with Gasteiger partial charge in [0, 0.05) is 26.1 Å². The first-order chi connectivity index (χ1) is 8.58. The first-order valence-corrected chi connectivity index (χ1v) is 6.40. The molecule has 1 rings (SSSR count). The minimum atomic E-state index is -0.197. The molecule has 0 radical (unpaired) electrons. The Morgan fingerprint density at radius 1 is 1.44 bits per heavy atom. The summed E-state index contributed by atoms with van der Waals surface area (Å²) in [6.45, 7) is 5.22. The summed E-state index contributed by atoms with van der Waals surface area (Å²) in [6, 6.07) is 0. The molecule has 0 aromatic rings. The fourth-order valence-electron chi connectivity index (χ4n) is 1.97. The second kappa shape index (κ2) is 6.98. The molecule has 2 N–H and O–H groups in total. The van der Waals surface area contributed by atoms with E-state index in [-0.39, 0.29) is 30.2 Å². The molecule has 0 spiro atoms. The molecule has 0 aromatic heterocycles. The van der Waals surface area contributed by atoms with E-state index >= 15 is 0 Å². The Hall–Kier alpha value is -1.59. The number of piperidine rings is 1. The maximum absolute atomic E-state index is 12.2. The van der Waals surface area contributed by atoms with Crippen molar-refractivity contribution in [3.63, 3.8) is 0 Å². The van der Waals surface area contributed by atoms with Gasteiger partial charge in [0.1, 0.15) is 0 Å². The second-order valence-corrected chi connectivity index (χ2v) is 4.35. The van der Waals surface area contributed by atoms with Gasteiger partial charge in [-0.05, 0) is 20.3 Å². The van der Waals surface area contributed by atoms with Crippen LogP contribution >= 0.6 is 0 Å². The quantitative estimate of drug-likeness (QED) is 0.695. The summed E-state index contributed by atoms with van der Waals surface area (Å²) in [7, 11) is 0. The van der Waals surface area contributed by atoms with Crippen molar-refractivity contribution in [1.29, 1.82) is 0 Å². The summed E-state index contributed by atoms with van der Waals surface area (Å²) < 4.78 is 0. The first kappa shape index (κ1) is 14.5. The van der Waals surface area contributed by atoms with E-state index in [4.69, 9.17) is 0 Å². The summed E-state index contributed by atoms with van der Waals surface area (Å²) in [6.07, 6.45) is 0.950. The van der Waals surface area contributed by atoms with Crippen LogP contribution in [0.2, 0.25) is 0 Å². The number of rotatable bonds is 5. The van der Waals surface area contributed by atoms with Crippen molar-refractivity contribution >= 4 is 17.7 Å². The van der Waals surface area contributed by atoms with Gasteiger partial charge in [-0.25, -0.2) is 0 Å². The summed E-state index contributed by atoms with van der Waals surface area (Å²) in [5.74, 6) is -0.404. The van der Waals surface area contributed by atoms with E-state index < -0.39 is 0 Å². The van der Waals surface area contributed by atoms with Crippen molar-refractivity contribution < 1.29 is 14.4 Å². The fraction of sp³-hybridized carbons (Fsp3) is 0.750. The normalized spacial score (nSPS) is 19.0. The predicted octanol–water partition coefficient (Wildman–Crippen LogP) is -0.503. The van der Waals surface area contributed by atoms with E-state index in [0.29, 0.717) is 32.5 Å². The molecule has 1 aliphatic heterocycles. The van der Waals surface area contributed by atoms with Crippen LogP contribution in [-0.4, -0.2) is 48.8 Å². The van der Waals surface area contributed by atoms with Gasteiger partial charge in [0.25, 0.3) is 0 Å². The number of hydrogen-bond acceptors (Lipinski definition) is 3. The van der Waals surface area contributed by atoms with E-state index in [2.05, 4.69) is 10.6 Å². The second-order valence-electron chi connectivity index (χ2n) is 4.35. The van der Waals surface area contributed by atoms with Crippen molar-refractivity contribution in [1.82, 2.24) is 15.5 Å². The Bertz CT molecular complexity index is 321. The monoisotopic (exact) mass is 255 g/mol. The molecule has 6 heteroatoms. The van der Waals surface area contributed by atoms with Crippen LogP contribution in [0.5, 0.6) is 0 Å². The third kappa shape index (κ3) is 4.01. The van der Waals surface area contributed by atoms with Crippen LogP contribution < -0.4 is 10.6 Å². The Kier molecular flexibility index (Phi) is 5.61. The van der Waals surface area contributed by atoms with E-state index in [1.807, 2.05) is 13.8 Å². The molecule has 1 heterocycles. The average molecular weight is 255 g/mol. The van der Waals surface area contributed by atoms with Crippen molar-refractivity contribution in [3.8, 4) is 0 Å². The molecule has 1 unspecified atom stereocenters. The summed E-state index contributed by atoms with van der Waals surface area (Å²) in [5, 5.41) is 5.36. The Morgan fingerprint density at radius 3 is 2.67 bits per heavy atom. The molecular weight excluding hydrogens is 234 g/mol. The highest BCUT2D eigenvalue weighted by molar-refractivity contribution is 5.87. The number of hydrogen-bond donors (Lipinski definition) is 2. The highest BCUT2D eigenvalue weighted by atomic mass is 16.2. The van der Waals surface area contributed by atoms with Gasteiger partial charge in [0.2, 0.25) is 17.7 Å². The van der Waals surface area contributed by atoms with E-state index in [1.165, 1.54) is 4.90 Å². The van der Waals surface area contributed by atoms with Crippen LogP contribution in [-0.2, 0) is 14.4 Å². The van der Waals surface area contributed by atoms with E-state index in [1.54, 1.807) is 0 Å². The van der Waals surface area contributed by atoms with Crippen LogP contribution in [0.4, 0.5) is 0 Å². The molecule has 0 aromatic carbocycles. The van der Waals surface area contributed by atoms with Gasteiger partial charge in [0.15, 0.2) is 0 Å². The lowest BCUT2D eigenvalue weighted by molar-refractivity contribution is -0.140. The lowest BCUT2D eigenvalue weighted by Gasteiger charge is -2.28. The maximum atomic E-state index is 12.2. The molecule has 0 saturated carbocycles. The van der Waals surface area contributed by atoms with Gasteiger partial charge in [0.05, 0.1) is 12.5 Å². The van der Waals surface area contributed by atoms with Gasteiger partial charge in [-0.15, -0.1) is 0 Å². The minimum Gasteiger partial charge on any atom is -0.355 e. The minimum absolute atomic E-state index is 0.00850. The lowest BCUT2D eigenvalue weighted by atomic mass is 9.97. The van der Waals surface area contributed by atoms with Gasteiger partial charge >= 0.3 is 0 Å². The van der Waals surface area contributed by atoms with Crippen molar-refractivity contribution in [2.24, 2.45) is 5.92 Å². The van der Waals surface area contributed by atoms with Gasteiger partial charge in [-0.1, -0.05) is 0 Å². The molecule has 102 valence electrons. The van der Waals surface area contributed by atoms with Crippen LogP contribution in [0.1, 0.15) is 26.7 Å². The fourth-order valence-corrected chi connectivity index (χ4v) is 1.97. The summed E-state index contributed by atoms with van der Waals surface area (Å²) in [4.78, 5) is 36.2. The topological polar surface area (TPSA) is 78.5 Å². The van der Waals surface area contributed by atoms with Gasteiger partial charge < -0.3 is 15.5 Å². The Balaban J connectivity index is 2.51. The number of carbonyl (C=O) groups is 3. The number of likely N-dealkylation sites (N-methyl/N-ethyl adjacent to an activating group) is 2. The zero-order valence-corrected chi connectivity index (χ0v) is 11.0. The van der Waals surface area contributed by atoms with Gasteiger partial charge in [-0.3, -0.25) is 14.4 Å². The molecule has 6 nitrogen and oxygen atoms in total. The van der Waals surface area contributed by atoms with Crippen molar-refractivity contribution in [3.05, 3.63) is 0 Å². The molecule has 1 aliphatic rings. The summed E-state index contributed by atoms with van der Waals surface area (Å²) >= 11 is 0. The molecular formula is C12H21N3O3. The maximum Gasteiger partial charge on any atom is 0.239 e. The van der Waals surface area contributed by atoms with Crippen molar-refractivity contribution in [2.75, 3.05) is 26.2 Å². The average Bonchev–Trinajstić information content (AvgIpc) is 2.36. The number of nitrogens with one attached hydrogen (secondary N) is 2. The molecule has 0 bridgehead atoms. The highest BCUT2D eigenvalue weighted by Gasteiger charge is 2.28. The number of nitrogens with zero attached hydrogens (tertiary/aromatic N) is 1. The SMILES string of the molecule is CCNC(=O)CN(CC)C(=O)C1CCC(=O)NC1. The van der Waals surface area contributed by atoms with E-state index in [9.17, 15) is 14.4 Å². The highest BCUT2D eigenvalue weighted by Crippen LogP contribution is 2.13. The molecule has 1 atom stereocenters. The number of carbonyl (C=O) groups excluding carboxylic acids is 3. The van der Waals surface area contributed by atoms with Crippen LogP contribution in [0.3, 0.4) is 0 Å². The Labute approximate surface area is 107 Å². The zero-order valence-electron chi connectivity index (χ0n) is 11.0. The standard InChI is InChI=1S/C12H21N3O3/c1-3-13-11(17)8-15(4-2)12(18)9-5-6-10(16)14-7-9/h9H,3-8H2,1-2H3,(H,13,17)(H,14,16). The molecule has 1 fully saturated rings. The summed E-state index contributed by atoms with van der Waals surface area (Å²) in [5.41, 5.74) is 0. The molecule has 1 saturated heterocycles. The lowest BCUT2D eigenvalue weighted by Crippen LogP contribution is -2.47.